The van der Waals surface area contributed by atoms with Gasteiger partial charge in [0, 0.05) is 5.56 Å². The van der Waals surface area contributed by atoms with Gasteiger partial charge in [-0.1, -0.05) is 6.07 Å². The summed E-state index contributed by atoms with van der Waals surface area (Å²) in [6, 6.07) is 5.07. The van der Waals surface area contributed by atoms with Gasteiger partial charge in [0.25, 0.3) is 0 Å². The van der Waals surface area contributed by atoms with Crippen molar-refractivity contribution in [2.75, 3.05) is 5.73 Å². The third kappa shape index (κ3) is 3.06. The van der Waals surface area contributed by atoms with Crippen molar-refractivity contribution in [2.24, 2.45) is 0 Å². The molecule has 2 atom stereocenters. The predicted octanol–water partition coefficient (Wildman–Crippen LogP) is 1.76. The number of nitrogens with zero attached hydrogens (tertiary/aromatic N) is 4. The van der Waals surface area contributed by atoms with Gasteiger partial charge in [-0.3, -0.25) is 0 Å². The van der Waals surface area contributed by atoms with Crippen LogP contribution >= 0.6 is 0 Å². The fraction of sp³-hybridized carbons (Fsp3) is 0.389. The van der Waals surface area contributed by atoms with Gasteiger partial charge in [0.1, 0.15) is 6.33 Å². The Bertz CT molecular complexity index is 1110. The molecule has 142 valence electrons. The number of hydrogen-bond acceptors (Lipinski definition) is 7. The van der Waals surface area contributed by atoms with Crippen molar-refractivity contribution in [3.05, 3.63) is 36.3 Å². The Kier molecular flexibility index (Phi) is 4.35. The molecule has 1 aliphatic rings. The summed E-state index contributed by atoms with van der Waals surface area (Å²) in [7, 11) is -3.53. The van der Waals surface area contributed by atoms with E-state index in [4.69, 9.17) is 5.73 Å². The molecular formula is C18H21N5O3S. The Hall–Kier alpha value is -2.52. The fourth-order valence-electron chi connectivity index (χ4n) is 3.67. The van der Waals surface area contributed by atoms with Crippen LogP contribution in [-0.4, -0.2) is 44.5 Å². The molecule has 3 aromatic rings. The summed E-state index contributed by atoms with van der Waals surface area (Å²) in [5.74, 6) is 0.258. The van der Waals surface area contributed by atoms with Gasteiger partial charge in [-0.2, -0.15) is 5.10 Å². The molecule has 2 heterocycles. The summed E-state index contributed by atoms with van der Waals surface area (Å²) >= 11 is 0. The summed E-state index contributed by atoms with van der Waals surface area (Å²) in [6.07, 6.45) is 4.63. The molecule has 3 N–H and O–H groups in total. The molecule has 2 aromatic heterocycles. The first-order valence-electron chi connectivity index (χ1n) is 8.85. The van der Waals surface area contributed by atoms with Crippen LogP contribution in [0, 0.1) is 6.92 Å². The maximum Gasteiger partial charge on any atom is 0.197 e. The van der Waals surface area contributed by atoms with Crippen LogP contribution in [0.1, 0.15) is 31.2 Å². The van der Waals surface area contributed by atoms with Crippen LogP contribution in [0.3, 0.4) is 0 Å². The Labute approximate surface area is 157 Å². The van der Waals surface area contributed by atoms with Crippen LogP contribution in [0.4, 0.5) is 5.82 Å². The van der Waals surface area contributed by atoms with Gasteiger partial charge >= 0.3 is 0 Å². The van der Waals surface area contributed by atoms with E-state index in [1.807, 2.05) is 6.92 Å². The molecule has 0 amide bonds. The molecule has 0 spiro atoms. The summed E-state index contributed by atoms with van der Waals surface area (Å²) in [6.45, 7) is 1.90. The average molecular weight is 387 g/mol. The SMILES string of the molecule is Cc1ccc(S(=O)(=O)C2CCCC(O)C2)cc1-c1cnc2c(N)ncnn12. The molecule has 1 saturated carbocycles. The molecule has 4 rings (SSSR count). The smallest absolute Gasteiger partial charge is 0.197 e. The van der Waals surface area contributed by atoms with Gasteiger partial charge in [0.2, 0.25) is 0 Å². The monoisotopic (exact) mass is 387 g/mol. The molecular weight excluding hydrogens is 366 g/mol. The molecule has 1 aromatic carbocycles. The average Bonchev–Trinajstić information content (AvgIpc) is 3.07. The summed E-state index contributed by atoms with van der Waals surface area (Å²) in [4.78, 5) is 8.43. The molecule has 0 saturated heterocycles. The second-order valence-corrected chi connectivity index (χ2v) is 9.22. The lowest BCUT2D eigenvalue weighted by atomic mass is 9.97. The quantitative estimate of drug-likeness (QED) is 0.702. The van der Waals surface area contributed by atoms with Crippen LogP contribution < -0.4 is 5.73 Å². The zero-order valence-corrected chi connectivity index (χ0v) is 15.7. The van der Waals surface area contributed by atoms with E-state index in [0.29, 0.717) is 30.6 Å². The molecule has 2 unspecified atom stereocenters. The largest absolute Gasteiger partial charge is 0.393 e. The zero-order chi connectivity index (χ0) is 19.2. The first kappa shape index (κ1) is 17.9. The number of aliphatic hydroxyl groups excluding tert-OH is 1. The Morgan fingerprint density at radius 2 is 2.07 bits per heavy atom. The maximum atomic E-state index is 13.1. The lowest BCUT2D eigenvalue weighted by Gasteiger charge is -2.26. The van der Waals surface area contributed by atoms with Crippen LogP contribution in [-0.2, 0) is 9.84 Å². The first-order valence-corrected chi connectivity index (χ1v) is 10.4. The number of hydrogen-bond donors (Lipinski definition) is 2. The van der Waals surface area contributed by atoms with Crippen molar-refractivity contribution >= 4 is 21.3 Å². The minimum absolute atomic E-state index is 0.249. The van der Waals surface area contributed by atoms with E-state index in [1.165, 1.54) is 6.33 Å². The number of fused-ring (bicyclic) bond motifs is 1. The minimum atomic E-state index is -3.53. The first-order chi connectivity index (χ1) is 12.9. The standard InChI is InChI=1S/C18H21N5O3S/c1-11-5-6-14(27(25,26)13-4-2-3-12(24)7-13)8-15(11)16-9-20-18-17(19)21-10-22-23(16)18/h5-6,8-10,12-13,24H,2-4,7H2,1H3,(H2,19,21,22). The number of benzene rings is 1. The highest BCUT2D eigenvalue weighted by atomic mass is 32.2. The fourth-order valence-corrected chi connectivity index (χ4v) is 5.54. The Morgan fingerprint density at radius 1 is 1.26 bits per heavy atom. The van der Waals surface area contributed by atoms with Crippen molar-refractivity contribution < 1.29 is 13.5 Å². The van der Waals surface area contributed by atoms with Gasteiger partial charge in [0.05, 0.1) is 28.1 Å². The zero-order valence-electron chi connectivity index (χ0n) is 14.9. The van der Waals surface area contributed by atoms with Crippen LogP contribution in [0.15, 0.2) is 35.6 Å². The molecule has 0 bridgehead atoms. The molecule has 9 heteroatoms. The summed E-state index contributed by atoms with van der Waals surface area (Å²) < 4.78 is 27.8. The van der Waals surface area contributed by atoms with Crippen molar-refractivity contribution in [3.63, 3.8) is 0 Å². The van der Waals surface area contributed by atoms with Crippen molar-refractivity contribution in [1.82, 2.24) is 19.6 Å². The number of imidazole rings is 1. The van der Waals surface area contributed by atoms with E-state index in [9.17, 15) is 13.5 Å². The van der Waals surface area contributed by atoms with Crippen LogP contribution in [0.5, 0.6) is 0 Å². The van der Waals surface area contributed by atoms with E-state index in [1.54, 1.807) is 28.9 Å². The van der Waals surface area contributed by atoms with Gasteiger partial charge in [-0.15, -0.1) is 0 Å². The van der Waals surface area contributed by atoms with Crippen molar-refractivity contribution in [1.29, 1.82) is 0 Å². The number of nitrogens with two attached hydrogens (primary N) is 1. The number of sulfone groups is 1. The lowest BCUT2D eigenvalue weighted by Crippen LogP contribution is -2.30. The van der Waals surface area contributed by atoms with Gasteiger partial charge < -0.3 is 10.8 Å². The highest BCUT2D eigenvalue weighted by Gasteiger charge is 2.32. The molecule has 8 nitrogen and oxygen atoms in total. The number of nitrogen functional groups attached to an aromatic ring is 1. The highest BCUT2D eigenvalue weighted by molar-refractivity contribution is 7.92. The number of anilines is 1. The second kappa shape index (κ2) is 6.58. The van der Waals surface area contributed by atoms with Crippen LogP contribution in [0.2, 0.25) is 0 Å². The number of aliphatic hydroxyl groups is 1. The van der Waals surface area contributed by atoms with E-state index >= 15 is 0 Å². The molecule has 1 aliphatic carbocycles. The summed E-state index contributed by atoms with van der Waals surface area (Å²) in [5.41, 5.74) is 8.54. The number of aryl methyl sites for hydroxylation is 1. The Morgan fingerprint density at radius 3 is 2.85 bits per heavy atom. The van der Waals surface area contributed by atoms with Gasteiger partial charge in [-0.05, 0) is 50.3 Å². The molecule has 0 radical (unpaired) electrons. The molecule has 27 heavy (non-hydrogen) atoms. The van der Waals surface area contributed by atoms with Crippen LogP contribution in [0.25, 0.3) is 16.9 Å². The lowest BCUT2D eigenvalue weighted by molar-refractivity contribution is 0.131. The third-order valence-corrected chi connectivity index (χ3v) is 7.40. The number of aromatic nitrogens is 4. The van der Waals surface area contributed by atoms with Gasteiger partial charge in [-0.25, -0.2) is 22.9 Å². The van der Waals surface area contributed by atoms with E-state index < -0.39 is 21.2 Å². The van der Waals surface area contributed by atoms with Gasteiger partial charge in [0.15, 0.2) is 21.3 Å². The van der Waals surface area contributed by atoms with Crippen molar-refractivity contribution in [2.45, 2.75) is 48.9 Å². The maximum absolute atomic E-state index is 13.1. The van der Waals surface area contributed by atoms with E-state index in [0.717, 1.165) is 11.1 Å². The minimum Gasteiger partial charge on any atom is -0.393 e. The van der Waals surface area contributed by atoms with E-state index in [2.05, 4.69) is 15.1 Å². The predicted molar refractivity (Wildman–Crippen MR) is 101 cm³/mol. The summed E-state index contributed by atoms with van der Waals surface area (Å²) in [5, 5.41) is 13.5. The molecule has 1 fully saturated rings. The molecule has 0 aliphatic heterocycles. The normalized spacial score (nSPS) is 20.8. The third-order valence-electron chi connectivity index (χ3n) is 5.18. The second-order valence-electron chi connectivity index (χ2n) is 6.99. The Balaban J connectivity index is 1.81. The topological polar surface area (TPSA) is 123 Å². The van der Waals surface area contributed by atoms with Crippen molar-refractivity contribution in [3.8, 4) is 11.3 Å². The number of rotatable bonds is 3. The van der Waals surface area contributed by atoms with E-state index in [-0.39, 0.29) is 17.1 Å². The highest BCUT2D eigenvalue weighted by Crippen LogP contribution is 2.32.